The minimum Gasteiger partial charge on any atom is -0.397 e. The maximum absolute atomic E-state index is 12.7. The van der Waals surface area contributed by atoms with Gasteiger partial charge in [-0.1, -0.05) is 48.5 Å². The number of nitrogens with one attached hydrogen (secondary N) is 2. The molecule has 234 valence electrons. The van der Waals surface area contributed by atoms with Gasteiger partial charge in [-0.3, -0.25) is 14.5 Å². The van der Waals surface area contributed by atoms with Crippen molar-refractivity contribution in [2.24, 2.45) is 0 Å². The Kier molecular flexibility index (Phi) is 11.3. The van der Waals surface area contributed by atoms with E-state index < -0.39 is 6.29 Å². The lowest BCUT2D eigenvalue weighted by Gasteiger charge is -2.39. The first kappa shape index (κ1) is 31.6. The number of aliphatic hydroxyl groups excluding tert-OH is 1. The highest BCUT2D eigenvalue weighted by atomic mass is 16.7. The van der Waals surface area contributed by atoms with Gasteiger partial charge in [0.2, 0.25) is 11.8 Å². The van der Waals surface area contributed by atoms with E-state index in [0.717, 1.165) is 49.5 Å². The third kappa shape index (κ3) is 9.10. The minimum atomic E-state index is -0.605. The second-order valence-electron chi connectivity index (χ2n) is 11.3. The molecule has 3 atom stereocenters. The molecule has 2 heterocycles. The first-order chi connectivity index (χ1) is 21.5. The summed E-state index contributed by atoms with van der Waals surface area (Å²) in [5, 5.41) is 15.3. The Morgan fingerprint density at radius 1 is 0.864 bits per heavy atom. The molecule has 0 radical (unpaired) electrons. The number of para-hydroxylation sites is 2. The van der Waals surface area contributed by atoms with Gasteiger partial charge in [0.1, 0.15) is 0 Å². The second kappa shape index (κ2) is 15.8. The Morgan fingerprint density at radius 2 is 1.59 bits per heavy atom. The zero-order valence-electron chi connectivity index (χ0n) is 25.0. The molecule has 0 aliphatic carbocycles. The van der Waals surface area contributed by atoms with Gasteiger partial charge in [-0.05, 0) is 48.2 Å². The van der Waals surface area contributed by atoms with Crippen LogP contribution in [-0.4, -0.2) is 60.8 Å². The van der Waals surface area contributed by atoms with Crippen molar-refractivity contribution in [1.82, 2.24) is 4.90 Å². The summed E-state index contributed by atoms with van der Waals surface area (Å²) in [5.74, 6) is -0.245. The van der Waals surface area contributed by atoms with E-state index in [1.165, 1.54) is 0 Å². The Bertz CT molecular complexity index is 1380. The van der Waals surface area contributed by atoms with Gasteiger partial charge in [0.25, 0.3) is 0 Å². The lowest BCUT2D eigenvalue weighted by atomic mass is 9.99. The molecule has 3 aromatic rings. The predicted molar refractivity (Wildman–Crippen MR) is 169 cm³/mol. The number of hydrogen-bond acceptors (Lipinski definition) is 8. The normalized spacial score (nSPS) is 20.6. The van der Waals surface area contributed by atoms with Crippen LogP contribution in [0, 0.1) is 0 Å². The van der Waals surface area contributed by atoms with E-state index in [4.69, 9.17) is 19.9 Å². The lowest BCUT2D eigenvalue weighted by Crippen LogP contribution is -2.44. The Hall–Kier alpha value is -3.80. The van der Waals surface area contributed by atoms with Crippen LogP contribution in [0.5, 0.6) is 0 Å². The number of unbranched alkanes of at least 4 members (excludes halogenated alkanes) is 1. The van der Waals surface area contributed by atoms with Crippen LogP contribution in [0.2, 0.25) is 0 Å². The molecule has 44 heavy (non-hydrogen) atoms. The van der Waals surface area contributed by atoms with Crippen molar-refractivity contribution in [1.29, 1.82) is 0 Å². The molecule has 2 saturated heterocycles. The average molecular weight is 603 g/mol. The molecule has 0 aromatic heterocycles. The molecule has 2 amide bonds. The molecule has 5 rings (SSSR count). The van der Waals surface area contributed by atoms with Gasteiger partial charge in [0, 0.05) is 50.1 Å². The fourth-order valence-electron chi connectivity index (χ4n) is 5.49. The van der Waals surface area contributed by atoms with Gasteiger partial charge in [-0.2, -0.15) is 0 Å². The van der Waals surface area contributed by atoms with E-state index in [9.17, 15) is 14.7 Å². The maximum Gasteiger partial charge on any atom is 0.224 e. The maximum atomic E-state index is 12.7. The Morgan fingerprint density at radius 3 is 2.32 bits per heavy atom. The summed E-state index contributed by atoms with van der Waals surface area (Å²) in [6.45, 7) is 3.95. The van der Waals surface area contributed by atoms with Gasteiger partial charge in [-0.25, -0.2) is 0 Å². The van der Waals surface area contributed by atoms with Crippen molar-refractivity contribution in [2.75, 3.05) is 49.2 Å². The van der Waals surface area contributed by atoms with E-state index in [1.807, 2.05) is 60.7 Å². The molecule has 2 aliphatic heterocycles. The van der Waals surface area contributed by atoms with Crippen molar-refractivity contribution in [3.63, 3.8) is 0 Å². The van der Waals surface area contributed by atoms with E-state index in [2.05, 4.69) is 15.5 Å². The summed E-state index contributed by atoms with van der Waals surface area (Å²) in [4.78, 5) is 27.3. The van der Waals surface area contributed by atoms with Gasteiger partial charge >= 0.3 is 0 Å². The molecule has 10 heteroatoms. The molecule has 0 bridgehead atoms. The van der Waals surface area contributed by atoms with Crippen LogP contribution in [-0.2, 0) is 30.4 Å². The highest BCUT2D eigenvalue weighted by Crippen LogP contribution is 2.38. The smallest absolute Gasteiger partial charge is 0.224 e. The number of hydrogen-bond donors (Lipinski definition) is 4. The molecule has 3 aromatic carbocycles. The summed E-state index contributed by atoms with van der Waals surface area (Å²) in [7, 11) is 0. The number of anilines is 3. The number of carbonyl (C=O) groups excluding carboxylic acids is 2. The molecule has 0 unspecified atom stereocenters. The molecular formula is C34H42N4O6. The third-order valence-corrected chi connectivity index (χ3v) is 7.92. The largest absolute Gasteiger partial charge is 0.397 e. The van der Waals surface area contributed by atoms with Crippen LogP contribution < -0.4 is 16.4 Å². The van der Waals surface area contributed by atoms with Crippen LogP contribution in [0.25, 0.3) is 0 Å². The quantitative estimate of drug-likeness (QED) is 0.172. The Labute approximate surface area is 258 Å². The van der Waals surface area contributed by atoms with E-state index in [-0.39, 0.29) is 30.6 Å². The first-order valence-corrected chi connectivity index (χ1v) is 15.3. The van der Waals surface area contributed by atoms with E-state index in [0.29, 0.717) is 49.2 Å². The van der Waals surface area contributed by atoms with Crippen LogP contribution in [0.3, 0.4) is 0 Å². The highest BCUT2D eigenvalue weighted by Gasteiger charge is 2.33. The molecule has 0 spiro atoms. The number of nitrogen functional groups attached to an aromatic ring is 1. The standard InChI is InChI=1S/C34H42N4O6/c35-29-8-1-2-9-30(29)37-33(41)11-4-3-10-32(40)36-27-7-5-6-26(20-27)34-43-28(22-38-16-18-42-19-17-38)21-31(44-34)25-14-12-24(23-39)13-15-25/h1-2,5-9,12-15,20,28,31,34,39H,3-4,10-11,16-19,21-23,35H2,(H,36,40)(H,37,41)/t28-,31+,34+/m0/s1. The SMILES string of the molecule is Nc1ccccc1NC(=O)CCCCC(=O)Nc1cccc([C@@H]2O[C@H](CN3CCOCC3)C[C@H](c3ccc(CO)cc3)O2)c1. The number of carbonyl (C=O) groups is 2. The zero-order valence-corrected chi connectivity index (χ0v) is 25.0. The average Bonchev–Trinajstić information content (AvgIpc) is 3.05. The fraction of sp³-hybridized carbons (Fsp3) is 0.412. The van der Waals surface area contributed by atoms with Gasteiger partial charge < -0.3 is 35.7 Å². The van der Waals surface area contributed by atoms with Crippen LogP contribution in [0.1, 0.15) is 61.2 Å². The van der Waals surface area contributed by atoms with Crippen molar-refractivity contribution in [3.05, 3.63) is 89.5 Å². The second-order valence-corrected chi connectivity index (χ2v) is 11.3. The van der Waals surface area contributed by atoms with Crippen LogP contribution >= 0.6 is 0 Å². The summed E-state index contributed by atoms with van der Waals surface area (Å²) in [5.41, 5.74) is 10.4. The molecule has 5 N–H and O–H groups in total. The first-order valence-electron chi connectivity index (χ1n) is 15.3. The van der Waals surface area contributed by atoms with Crippen molar-refractivity contribution >= 4 is 28.9 Å². The van der Waals surface area contributed by atoms with Crippen molar-refractivity contribution in [3.8, 4) is 0 Å². The topological polar surface area (TPSA) is 135 Å². The lowest BCUT2D eigenvalue weighted by molar-refractivity contribution is -0.253. The number of nitrogens with two attached hydrogens (primary N) is 1. The van der Waals surface area contributed by atoms with Crippen molar-refractivity contribution in [2.45, 2.75) is 57.2 Å². The number of nitrogens with zero attached hydrogens (tertiary/aromatic N) is 1. The monoisotopic (exact) mass is 602 g/mol. The number of ether oxygens (including phenoxy) is 3. The Balaban J connectivity index is 1.16. The van der Waals surface area contributed by atoms with Gasteiger partial charge in [-0.15, -0.1) is 0 Å². The zero-order chi connectivity index (χ0) is 30.7. The summed E-state index contributed by atoms with van der Waals surface area (Å²) in [6, 6.07) is 22.5. The van der Waals surface area contributed by atoms with Crippen LogP contribution in [0.4, 0.5) is 17.1 Å². The molecule has 10 nitrogen and oxygen atoms in total. The summed E-state index contributed by atoms with van der Waals surface area (Å²) < 4.78 is 18.5. The molecule has 2 aliphatic rings. The molecule has 2 fully saturated rings. The number of rotatable bonds is 12. The molecule has 0 saturated carbocycles. The number of benzene rings is 3. The molecular weight excluding hydrogens is 560 g/mol. The van der Waals surface area contributed by atoms with Gasteiger partial charge in [0.05, 0.1) is 43.4 Å². The number of amides is 2. The fourth-order valence-corrected chi connectivity index (χ4v) is 5.49. The van der Waals surface area contributed by atoms with E-state index >= 15 is 0 Å². The number of morpholine rings is 1. The summed E-state index contributed by atoms with van der Waals surface area (Å²) >= 11 is 0. The van der Waals surface area contributed by atoms with Gasteiger partial charge in [0.15, 0.2) is 6.29 Å². The third-order valence-electron chi connectivity index (χ3n) is 7.92. The van der Waals surface area contributed by atoms with E-state index in [1.54, 1.807) is 12.1 Å². The minimum absolute atomic E-state index is 0.00510. The number of aliphatic hydroxyl groups is 1. The van der Waals surface area contributed by atoms with Crippen molar-refractivity contribution < 1.29 is 28.9 Å². The van der Waals surface area contributed by atoms with Crippen LogP contribution in [0.15, 0.2) is 72.8 Å². The summed E-state index contributed by atoms with van der Waals surface area (Å²) in [6.07, 6.45) is 1.65. The predicted octanol–water partition coefficient (Wildman–Crippen LogP) is 4.78. The highest BCUT2D eigenvalue weighted by molar-refractivity contribution is 5.94.